The lowest BCUT2D eigenvalue weighted by Gasteiger charge is -2.34. The minimum Gasteiger partial charge on any atom is -0.311 e. The second-order valence-electron chi connectivity index (χ2n) is 4.10. The van der Waals surface area contributed by atoms with Crippen LogP contribution in [0, 0.1) is 5.92 Å². The van der Waals surface area contributed by atoms with Crippen molar-refractivity contribution in [3.63, 3.8) is 0 Å². The highest BCUT2D eigenvalue weighted by Gasteiger charge is 2.45. The first-order chi connectivity index (χ1) is 7.55. The molecule has 1 amide bonds. The molecule has 0 saturated heterocycles. The number of nitrogens with zero attached hydrogens (tertiary/aromatic N) is 1. The number of anilines is 1. The first-order valence-electron chi connectivity index (χ1n) is 5.14. The molecular formula is C11H12F2N2O. The van der Waals surface area contributed by atoms with E-state index in [4.69, 9.17) is 0 Å². The number of rotatable bonds is 3. The van der Waals surface area contributed by atoms with Gasteiger partial charge in [-0.15, -0.1) is 0 Å². The van der Waals surface area contributed by atoms with Crippen molar-refractivity contribution in [1.82, 2.24) is 4.98 Å². The number of hydrogen-bond acceptors (Lipinski definition) is 2. The van der Waals surface area contributed by atoms with Crippen LogP contribution in [-0.4, -0.2) is 16.8 Å². The first-order valence-corrected chi connectivity index (χ1v) is 5.14. The molecular weight excluding hydrogens is 214 g/mol. The Morgan fingerprint density at radius 3 is 2.81 bits per heavy atom. The van der Waals surface area contributed by atoms with Crippen LogP contribution in [0.1, 0.15) is 19.3 Å². The summed E-state index contributed by atoms with van der Waals surface area (Å²) in [6.45, 7) is 0. The van der Waals surface area contributed by atoms with Crippen molar-refractivity contribution in [2.75, 3.05) is 5.32 Å². The molecule has 1 aromatic rings. The molecule has 0 aromatic carbocycles. The molecule has 1 aromatic heterocycles. The van der Waals surface area contributed by atoms with Gasteiger partial charge in [-0.2, -0.15) is 0 Å². The average Bonchev–Trinajstić information content (AvgIpc) is 2.16. The molecule has 1 aliphatic carbocycles. The van der Waals surface area contributed by atoms with Gasteiger partial charge in [-0.1, -0.05) is 6.07 Å². The lowest BCUT2D eigenvalue weighted by molar-refractivity contribution is -0.129. The Bertz CT molecular complexity index is 373. The highest BCUT2D eigenvalue weighted by molar-refractivity contribution is 5.89. The van der Waals surface area contributed by atoms with E-state index in [-0.39, 0.29) is 31.1 Å². The van der Waals surface area contributed by atoms with Gasteiger partial charge in [0.25, 0.3) is 0 Å². The number of alkyl halides is 2. The van der Waals surface area contributed by atoms with Gasteiger partial charge < -0.3 is 5.32 Å². The molecule has 1 fully saturated rings. The summed E-state index contributed by atoms with van der Waals surface area (Å²) in [6, 6.07) is 5.15. The lowest BCUT2D eigenvalue weighted by atomic mass is 9.79. The summed E-state index contributed by atoms with van der Waals surface area (Å²) in [5, 5.41) is 2.57. The van der Waals surface area contributed by atoms with Crippen molar-refractivity contribution in [2.45, 2.75) is 25.2 Å². The second-order valence-corrected chi connectivity index (χ2v) is 4.10. The van der Waals surface area contributed by atoms with Gasteiger partial charge >= 0.3 is 0 Å². The van der Waals surface area contributed by atoms with E-state index < -0.39 is 5.92 Å². The van der Waals surface area contributed by atoms with Crippen LogP contribution in [0.5, 0.6) is 0 Å². The highest BCUT2D eigenvalue weighted by Crippen LogP contribution is 2.43. The van der Waals surface area contributed by atoms with Crippen LogP contribution in [0.15, 0.2) is 24.4 Å². The van der Waals surface area contributed by atoms with E-state index in [1.54, 1.807) is 24.4 Å². The molecule has 0 atom stereocenters. The summed E-state index contributed by atoms with van der Waals surface area (Å²) in [6.07, 6.45) is 1.35. The summed E-state index contributed by atoms with van der Waals surface area (Å²) < 4.78 is 25.0. The monoisotopic (exact) mass is 226 g/mol. The summed E-state index contributed by atoms with van der Waals surface area (Å²) in [7, 11) is 0. The topological polar surface area (TPSA) is 42.0 Å². The average molecular weight is 226 g/mol. The SMILES string of the molecule is O=C(CC1CC(F)(F)C1)Nc1ccccn1. The van der Waals surface area contributed by atoms with Crippen LogP contribution < -0.4 is 5.32 Å². The molecule has 5 heteroatoms. The van der Waals surface area contributed by atoms with Crippen molar-refractivity contribution in [3.05, 3.63) is 24.4 Å². The molecule has 16 heavy (non-hydrogen) atoms. The number of aromatic nitrogens is 1. The normalized spacial score (nSPS) is 18.9. The van der Waals surface area contributed by atoms with E-state index in [1.165, 1.54) is 0 Å². The molecule has 1 heterocycles. The van der Waals surface area contributed by atoms with Gasteiger partial charge in [0.05, 0.1) is 0 Å². The van der Waals surface area contributed by atoms with Crippen molar-refractivity contribution in [3.8, 4) is 0 Å². The number of hydrogen-bond donors (Lipinski definition) is 1. The maximum absolute atomic E-state index is 12.5. The fourth-order valence-electron chi connectivity index (χ4n) is 1.82. The zero-order valence-electron chi connectivity index (χ0n) is 8.62. The van der Waals surface area contributed by atoms with Crippen molar-refractivity contribution >= 4 is 11.7 Å². The third-order valence-electron chi connectivity index (χ3n) is 2.58. The van der Waals surface area contributed by atoms with E-state index in [0.717, 1.165) is 0 Å². The van der Waals surface area contributed by atoms with Gasteiger partial charge in [-0.05, 0) is 18.1 Å². The molecule has 1 N–H and O–H groups in total. The maximum atomic E-state index is 12.5. The van der Waals surface area contributed by atoms with Gasteiger partial charge in [0, 0.05) is 25.5 Å². The number of halogens is 2. The minimum atomic E-state index is -2.56. The molecule has 0 radical (unpaired) electrons. The molecule has 0 spiro atoms. The Hall–Kier alpha value is -1.52. The van der Waals surface area contributed by atoms with Gasteiger partial charge in [-0.25, -0.2) is 13.8 Å². The Balaban J connectivity index is 1.78. The quantitative estimate of drug-likeness (QED) is 0.860. The number of pyridine rings is 1. The molecule has 3 nitrogen and oxygen atoms in total. The van der Waals surface area contributed by atoms with Crippen molar-refractivity contribution in [1.29, 1.82) is 0 Å². The molecule has 2 rings (SSSR count). The van der Waals surface area contributed by atoms with E-state index in [2.05, 4.69) is 10.3 Å². The third-order valence-corrected chi connectivity index (χ3v) is 2.58. The number of carbonyl (C=O) groups excluding carboxylic acids is 1. The van der Waals surface area contributed by atoms with Gasteiger partial charge in [0.2, 0.25) is 11.8 Å². The van der Waals surface area contributed by atoms with E-state index >= 15 is 0 Å². The molecule has 0 unspecified atom stereocenters. The predicted molar refractivity (Wildman–Crippen MR) is 55.2 cm³/mol. The minimum absolute atomic E-state index is 0.145. The van der Waals surface area contributed by atoms with Crippen LogP contribution in [-0.2, 0) is 4.79 Å². The number of carbonyl (C=O) groups is 1. The fourth-order valence-corrected chi connectivity index (χ4v) is 1.82. The Morgan fingerprint density at radius 1 is 1.50 bits per heavy atom. The van der Waals surface area contributed by atoms with Gasteiger partial charge in [0.1, 0.15) is 5.82 Å². The molecule has 0 bridgehead atoms. The Labute approximate surface area is 91.9 Å². The zero-order chi connectivity index (χ0) is 11.6. The van der Waals surface area contributed by atoms with E-state index in [1.807, 2.05) is 0 Å². The van der Waals surface area contributed by atoms with E-state index in [9.17, 15) is 13.6 Å². The maximum Gasteiger partial charge on any atom is 0.248 e. The molecule has 1 aliphatic rings. The fraction of sp³-hybridized carbons (Fsp3) is 0.455. The summed E-state index contributed by atoms with van der Waals surface area (Å²) in [5.74, 6) is -2.55. The van der Waals surface area contributed by atoms with Crippen LogP contribution in [0.4, 0.5) is 14.6 Å². The molecule has 86 valence electrons. The van der Waals surface area contributed by atoms with Crippen molar-refractivity contribution < 1.29 is 13.6 Å². The van der Waals surface area contributed by atoms with E-state index in [0.29, 0.717) is 5.82 Å². The summed E-state index contributed by atoms with van der Waals surface area (Å²) in [5.41, 5.74) is 0. The van der Waals surface area contributed by atoms with Crippen LogP contribution in [0.2, 0.25) is 0 Å². The molecule has 0 aliphatic heterocycles. The summed E-state index contributed by atoms with van der Waals surface area (Å²) in [4.78, 5) is 15.3. The summed E-state index contributed by atoms with van der Waals surface area (Å²) >= 11 is 0. The van der Waals surface area contributed by atoms with Crippen LogP contribution >= 0.6 is 0 Å². The second kappa shape index (κ2) is 4.15. The zero-order valence-corrected chi connectivity index (χ0v) is 8.62. The Morgan fingerprint density at radius 2 is 2.25 bits per heavy atom. The lowest BCUT2D eigenvalue weighted by Crippen LogP contribution is -2.37. The highest BCUT2D eigenvalue weighted by atomic mass is 19.3. The third kappa shape index (κ3) is 2.74. The van der Waals surface area contributed by atoms with Crippen LogP contribution in [0.25, 0.3) is 0 Å². The predicted octanol–water partition coefficient (Wildman–Crippen LogP) is 2.46. The molecule has 1 saturated carbocycles. The van der Waals surface area contributed by atoms with Gasteiger partial charge in [-0.3, -0.25) is 4.79 Å². The largest absolute Gasteiger partial charge is 0.311 e. The van der Waals surface area contributed by atoms with Crippen molar-refractivity contribution in [2.24, 2.45) is 5.92 Å². The number of nitrogens with one attached hydrogen (secondary N) is 1. The Kier molecular flexibility index (Phi) is 2.85. The van der Waals surface area contributed by atoms with Crippen LogP contribution in [0.3, 0.4) is 0 Å². The number of amides is 1. The standard InChI is InChI=1S/C11H12F2N2O/c12-11(13)6-8(7-11)5-10(16)15-9-3-1-2-4-14-9/h1-4,8H,5-7H2,(H,14,15,16). The smallest absolute Gasteiger partial charge is 0.248 e. The van der Waals surface area contributed by atoms with Gasteiger partial charge in [0.15, 0.2) is 0 Å². The first kappa shape index (κ1) is 11.0.